The first-order valence-electron chi connectivity index (χ1n) is 7.27. The lowest BCUT2D eigenvalue weighted by molar-refractivity contribution is 0.282. The van der Waals surface area contributed by atoms with Crippen molar-refractivity contribution < 1.29 is 5.11 Å². The third-order valence-corrected chi connectivity index (χ3v) is 3.86. The van der Waals surface area contributed by atoms with E-state index < -0.39 is 0 Å². The van der Waals surface area contributed by atoms with Crippen molar-refractivity contribution in [3.63, 3.8) is 0 Å². The highest BCUT2D eigenvalue weighted by atomic mass is 16.3. The molecule has 0 atom stereocenters. The molecule has 1 aliphatic heterocycles. The molecule has 0 bridgehead atoms. The number of hydrogen-bond acceptors (Lipinski definition) is 4. The monoisotopic (exact) mass is 285 g/mol. The molecule has 2 heterocycles. The Morgan fingerprint density at radius 2 is 1.76 bits per heavy atom. The zero-order valence-corrected chi connectivity index (χ0v) is 11.9. The van der Waals surface area contributed by atoms with Gasteiger partial charge in [0.25, 0.3) is 5.56 Å². The average Bonchev–Trinajstić information content (AvgIpc) is 3.04. The number of nitrogens with zero attached hydrogens (tertiary/aromatic N) is 3. The molecule has 0 saturated carbocycles. The van der Waals surface area contributed by atoms with Crippen molar-refractivity contribution in [1.29, 1.82) is 0 Å². The maximum atomic E-state index is 12.2. The minimum absolute atomic E-state index is 0.0308. The Kier molecular flexibility index (Phi) is 4.01. The molecule has 0 spiro atoms. The molecular weight excluding hydrogens is 266 g/mol. The molecule has 1 aliphatic rings. The van der Waals surface area contributed by atoms with Gasteiger partial charge < -0.3 is 10.0 Å². The quantitative estimate of drug-likeness (QED) is 0.922. The van der Waals surface area contributed by atoms with Crippen molar-refractivity contribution in [3.05, 3.63) is 58.0 Å². The van der Waals surface area contributed by atoms with Gasteiger partial charge in [-0.15, -0.1) is 0 Å². The lowest BCUT2D eigenvalue weighted by Crippen LogP contribution is -2.26. The molecule has 1 fully saturated rings. The molecule has 0 aliphatic carbocycles. The minimum Gasteiger partial charge on any atom is -0.392 e. The van der Waals surface area contributed by atoms with Gasteiger partial charge in [-0.3, -0.25) is 4.79 Å². The Balaban J connectivity index is 1.77. The van der Waals surface area contributed by atoms with E-state index >= 15 is 0 Å². The van der Waals surface area contributed by atoms with E-state index in [4.69, 9.17) is 5.11 Å². The summed E-state index contributed by atoms with van der Waals surface area (Å²) in [6.45, 7) is 2.50. The molecule has 0 radical (unpaired) electrons. The molecular formula is C16H19N3O2. The number of anilines is 1. The standard InChI is InChI=1S/C16H19N3O2/c20-12-14-5-3-13(4-6-14)11-19-16(21)9-15(10-17-19)18-7-1-2-8-18/h3-6,9-10,20H,1-2,7-8,11-12H2. The second-order valence-corrected chi connectivity index (χ2v) is 5.38. The fourth-order valence-electron chi connectivity index (χ4n) is 2.61. The van der Waals surface area contributed by atoms with Gasteiger partial charge in [-0.05, 0) is 24.0 Å². The zero-order chi connectivity index (χ0) is 14.7. The number of hydrogen-bond donors (Lipinski definition) is 1. The Labute approximate surface area is 123 Å². The first kappa shape index (κ1) is 13.8. The molecule has 1 saturated heterocycles. The molecule has 21 heavy (non-hydrogen) atoms. The van der Waals surface area contributed by atoms with Gasteiger partial charge in [0.05, 0.1) is 25.0 Å². The predicted octanol–water partition coefficient (Wildman–Crippen LogP) is 1.38. The Morgan fingerprint density at radius 3 is 2.38 bits per heavy atom. The summed E-state index contributed by atoms with van der Waals surface area (Å²) in [6.07, 6.45) is 4.13. The van der Waals surface area contributed by atoms with Crippen LogP contribution in [0.25, 0.3) is 0 Å². The number of aliphatic hydroxyl groups is 1. The van der Waals surface area contributed by atoms with Crippen LogP contribution in [0.2, 0.25) is 0 Å². The molecule has 1 aromatic carbocycles. The molecule has 2 aromatic rings. The Morgan fingerprint density at radius 1 is 1.10 bits per heavy atom. The van der Waals surface area contributed by atoms with Crippen LogP contribution in [0, 0.1) is 0 Å². The van der Waals surface area contributed by atoms with Crippen molar-refractivity contribution in [1.82, 2.24) is 9.78 Å². The average molecular weight is 285 g/mol. The molecule has 3 rings (SSSR count). The first-order valence-corrected chi connectivity index (χ1v) is 7.27. The van der Waals surface area contributed by atoms with Gasteiger partial charge in [-0.1, -0.05) is 24.3 Å². The van der Waals surface area contributed by atoms with Crippen molar-refractivity contribution in [2.75, 3.05) is 18.0 Å². The Hall–Kier alpha value is -2.14. The lowest BCUT2D eigenvalue weighted by atomic mass is 10.1. The van der Waals surface area contributed by atoms with E-state index in [-0.39, 0.29) is 12.2 Å². The zero-order valence-electron chi connectivity index (χ0n) is 11.9. The van der Waals surface area contributed by atoms with Gasteiger partial charge in [0.1, 0.15) is 0 Å². The highest BCUT2D eigenvalue weighted by Crippen LogP contribution is 2.17. The van der Waals surface area contributed by atoms with E-state index in [9.17, 15) is 4.79 Å². The maximum absolute atomic E-state index is 12.2. The summed E-state index contributed by atoms with van der Waals surface area (Å²) in [5.74, 6) is 0. The van der Waals surface area contributed by atoms with Crippen LogP contribution in [0.3, 0.4) is 0 Å². The molecule has 1 aromatic heterocycles. The summed E-state index contributed by atoms with van der Waals surface area (Å²) in [4.78, 5) is 14.4. The van der Waals surface area contributed by atoms with E-state index in [2.05, 4.69) is 10.00 Å². The van der Waals surface area contributed by atoms with Gasteiger partial charge in [0, 0.05) is 19.2 Å². The summed E-state index contributed by atoms with van der Waals surface area (Å²) in [5.41, 5.74) is 2.70. The van der Waals surface area contributed by atoms with Crippen LogP contribution in [0.1, 0.15) is 24.0 Å². The summed E-state index contributed by atoms with van der Waals surface area (Å²) < 4.78 is 1.47. The highest BCUT2D eigenvalue weighted by molar-refractivity contribution is 5.43. The van der Waals surface area contributed by atoms with Crippen LogP contribution < -0.4 is 10.5 Å². The third-order valence-electron chi connectivity index (χ3n) is 3.86. The van der Waals surface area contributed by atoms with E-state index in [1.165, 1.54) is 17.5 Å². The maximum Gasteiger partial charge on any atom is 0.269 e. The molecule has 110 valence electrons. The van der Waals surface area contributed by atoms with Gasteiger partial charge in [0.2, 0.25) is 0 Å². The summed E-state index contributed by atoms with van der Waals surface area (Å²) in [6, 6.07) is 9.21. The number of aromatic nitrogens is 2. The van der Waals surface area contributed by atoms with Crippen LogP contribution >= 0.6 is 0 Å². The molecule has 1 N–H and O–H groups in total. The van der Waals surface area contributed by atoms with Crippen molar-refractivity contribution in [3.8, 4) is 0 Å². The molecule has 0 unspecified atom stereocenters. The fraction of sp³-hybridized carbons (Fsp3) is 0.375. The van der Waals surface area contributed by atoms with Gasteiger partial charge in [-0.2, -0.15) is 5.10 Å². The fourth-order valence-corrected chi connectivity index (χ4v) is 2.61. The van der Waals surface area contributed by atoms with Crippen LogP contribution in [0.4, 0.5) is 5.69 Å². The van der Waals surface area contributed by atoms with E-state index in [1.54, 1.807) is 12.3 Å². The molecule has 0 amide bonds. The van der Waals surface area contributed by atoms with Crippen molar-refractivity contribution in [2.24, 2.45) is 0 Å². The predicted molar refractivity (Wildman–Crippen MR) is 81.4 cm³/mol. The minimum atomic E-state index is -0.0781. The van der Waals surface area contributed by atoms with Crippen molar-refractivity contribution in [2.45, 2.75) is 26.0 Å². The summed E-state index contributed by atoms with van der Waals surface area (Å²) in [7, 11) is 0. The van der Waals surface area contributed by atoms with Crippen molar-refractivity contribution >= 4 is 5.69 Å². The lowest BCUT2D eigenvalue weighted by Gasteiger charge is -2.17. The van der Waals surface area contributed by atoms with E-state index in [0.29, 0.717) is 6.54 Å². The van der Waals surface area contributed by atoms with Crippen LogP contribution in [0.15, 0.2) is 41.3 Å². The van der Waals surface area contributed by atoms with Crippen LogP contribution in [-0.2, 0) is 13.2 Å². The topological polar surface area (TPSA) is 58.4 Å². The van der Waals surface area contributed by atoms with Gasteiger partial charge in [-0.25, -0.2) is 4.68 Å². The van der Waals surface area contributed by atoms with Crippen LogP contribution in [-0.4, -0.2) is 28.0 Å². The second-order valence-electron chi connectivity index (χ2n) is 5.38. The third kappa shape index (κ3) is 3.13. The second kappa shape index (κ2) is 6.10. The first-order chi connectivity index (χ1) is 10.3. The number of benzene rings is 1. The van der Waals surface area contributed by atoms with Gasteiger partial charge >= 0.3 is 0 Å². The molecule has 5 heteroatoms. The SMILES string of the molecule is O=c1cc(N2CCCC2)cnn1Cc1ccc(CO)cc1. The Bertz CT molecular complexity index is 658. The van der Waals surface area contributed by atoms with Crippen LogP contribution in [0.5, 0.6) is 0 Å². The van der Waals surface area contributed by atoms with Gasteiger partial charge in [0.15, 0.2) is 0 Å². The smallest absolute Gasteiger partial charge is 0.269 e. The number of rotatable bonds is 4. The summed E-state index contributed by atoms with van der Waals surface area (Å²) in [5, 5.41) is 13.3. The number of aliphatic hydroxyl groups excluding tert-OH is 1. The largest absolute Gasteiger partial charge is 0.392 e. The normalized spacial score (nSPS) is 14.6. The van der Waals surface area contributed by atoms with E-state index in [0.717, 1.165) is 29.9 Å². The summed E-state index contributed by atoms with van der Waals surface area (Å²) >= 11 is 0. The highest BCUT2D eigenvalue weighted by Gasteiger charge is 2.13. The van der Waals surface area contributed by atoms with E-state index in [1.807, 2.05) is 24.3 Å². The molecule has 5 nitrogen and oxygen atoms in total.